The van der Waals surface area contributed by atoms with Crippen molar-refractivity contribution >= 4 is 63.3 Å². The highest BCUT2D eigenvalue weighted by atomic mass is 35.5. The summed E-state index contributed by atoms with van der Waals surface area (Å²) in [4.78, 5) is 37.0. The Morgan fingerprint density at radius 2 is 1.77 bits per heavy atom. The molecule has 1 aromatic heterocycles. The van der Waals surface area contributed by atoms with Crippen LogP contribution in [0.15, 0.2) is 45.6 Å². The van der Waals surface area contributed by atoms with Gasteiger partial charge in [-0.2, -0.15) is 0 Å². The number of methoxy groups -OCH3 is 1. The van der Waals surface area contributed by atoms with Gasteiger partial charge < -0.3 is 19.2 Å². The maximum Gasteiger partial charge on any atom is 0.351 e. The summed E-state index contributed by atoms with van der Waals surface area (Å²) in [7, 11) is 1.43. The lowest BCUT2D eigenvalue weighted by Crippen LogP contribution is -2.31. The zero-order valence-electron chi connectivity index (χ0n) is 15.6. The van der Waals surface area contributed by atoms with Gasteiger partial charge >= 0.3 is 11.6 Å². The molecule has 0 spiro atoms. The van der Waals surface area contributed by atoms with Crippen LogP contribution in [0.2, 0.25) is 15.1 Å². The molecule has 0 fully saturated rings. The quantitative estimate of drug-likeness (QED) is 0.322. The molecule has 0 aliphatic heterocycles. The first kappa shape index (κ1) is 22.0. The van der Waals surface area contributed by atoms with Crippen molar-refractivity contribution in [3.8, 4) is 5.75 Å². The minimum Gasteiger partial charge on any atom is -0.493 e. The summed E-state index contributed by atoms with van der Waals surface area (Å²) in [6, 6.07) is 8.97. The predicted molar refractivity (Wildman–Crippen MR) is 114 cm³/mol. The van der Waals surface area contributed by atoms with Crippen LogP contribution < -0.4 is 15.7 Å². The molecule has 2 aromatic carbocycles. The first-order chi connectivity index (χ1) is 14.2. The van der Waals surface area contributed by atoms with E-state index in [1.807, 2.05) is 0 Å². The number of carbonyl (C=O) groups is 2. The minimum absolute atomic E-state index is 0.153. The molecule has 1 N–H and O–H groups in total. The van der Waals surface area contributed by atoms with Crippen LogP contribution in [-0.2, 0) is 9.53 Å². The Hall–Kier alpha value is -2.74. The lowest BCUT2D eigenvalue weighted by atomic mass is 10.1. The van der Waals surface area contributed by atoms with Crippen molar-refractivity contribution < 1.29 is 23.5 Å². The molecule has 1 amide bonds. The van der Waals surface area contributed by atoms with Crippen LogP contribution in [0.3, 0.4) is 0 Å². The van der Waals surface area contributed by atoms with E-state index < -0.39 is 23.6 Å². The largest absolute Gasteiger partial charge is 0.493 e. The molecule has 0 aliphatic carbocycles. The molecule has 0 aliphatic rings. The van der Waals surface area contributed by atoms with E-state index in [1.165, 1.54) is 32.2 Å². The molecule has 3 aromatic rings. The molecule has 30 heavy (non-hydrogen) atoms. The van der Waals surface area contributed by atoms with Crippen molar-refractivity contribution in [1.29, 1.82) is 0 Å². The average molecular weight is 471 g/mol. The van der Waals surface area contributed by atoms with Crippen LogP contribution in [0.1, 0.15) is 17.3 Å². The third-order valence-electron chi connectivity index (χ3n) is 4.08. The molecule has 3 rings (SSSR count). The fraction of sp³-hybridized carbons (Fsp3) is 0.150. The number of amides is 1. The van der Waals surface area contributed by atoms with Crippen molar-refractivity contribution in [1.82, 2.24) is 0 Å². The highest BCUT2D eigenvalue weighted by Crippen LogP contribution is 2.32. The van der Waals surface area contributed by atoms with Crippen LogP contribution in [0.25, 0.3) is 11.0 Å². The zero-order valence-corrected chi connectivity index (χ0v) is 17.9. The third-order valence-corrected chi connectivity index (χ3v) is 5.12. The summed E-state index contributed by atoms with van der Waals surface area (Å²) in [5.41, 5.74) is -0.891. The molecule has 0 saturated carbocycles. The summed E-state index contributed by atoms with van der Waals surface area (Å²) >= 11 is 17.8. The number of nitrogens with one attached hydrogen (secondary N) is 1. The Morgan fingerprint density at radius 1 is 1.07 bits per heavy atom. The molecule has 0 radical (unpaired) electrons. The van der Waals surface area contributed by atoms with E-state index >= 15 is 0 Å². The van der Waals surface area contributed by atoms with E-state index in [0.717, 1.165) is 0 Å². The van der Waals surface area contributed by atoms with Gasteiger partial charge in [-0.25, -0.2) is 9.59 Å². The molecule has 0 saturated heterocycles. The van der Waals surface area contributed by atoms with Crippen molar-refractivity contribution in [3.05, 3.63) is 67.4 Å². The monoisotopic (exact) mass is 469 g/mol. The number of esters is 1. The summed E-state index contributed by atoms with van der Waals surface area (Å²) in [5, 5.41) is 3.50. The van der Waals surface area contributed by atoms with Crippen molar-refractivity contribution in [2.45, 2.75) is 13.0 Å². The fourth-order valence-electron chi connectivity index (χ4n) is 2.55. The molecule has 156 valence electrons. The molecule has 1 heterocycles. The van der Waals surface area contributed by atoms with Crippen LogP contribution in [0.4, 0.5) is 5.69 Å². The standard InChI is InChI=1S/C20H14Cl3NO6/c1-9(18(25)24-15-8-13(22)12(21)7-14(15)23)29-19(26)11-6-10-4-3-5-16(28-2)17(10)30-20(11)27/h3-9H,1-2H3,(H,24,25). The molecule has 0 bridgehead atoms. The van der Waals surface area contributed by atoms with Gasteiger partial charge in [0, 0.05) is 5.39 Å². The number of carbonyl (C=O) groups excluding carboxylic acids is 2. The predicted octanol–water partition coefficient (Wildman–Crippen LogP) is 4.95. The number of fused-ring (bicyclic) bond motifs is 1. The molecule has 1 atom stereocenters. The van der Waals surface area contributed by atoms with Crippen molar-refractivity contribution in [2.75, 3.05) is 12.4 Å². The second-order valence-corrected chi connectivity index (χ2v) is 7.33. The number of hydrogen-bond donors (Lipinski definition) is 1. The van der Waals surface area contributed by atoms with E-state index in [4.69, 9.17) is 48.7 Å². The lowest BCUT2D eigenvalue weighted by Gasteiger charge is -2.14. The smallest absolute Gasteiger partial charge is 0.351 e. The molecule has 10 heteroatoms. The van der Waals surface area contributed by atoms with Crippen LogP contribution in [0.5, 0.6) is 5.75 Å². The van der Waals surface area contributed by atoms with E-state index in [1.54, 1.807) is 18.2 Å². The van der Waals surface area contributed by atoms with Gasteiger partial charge in [-0.1, -0.05) is 46.9 Å². The molecular formula is C20H14Cl3NO6. The number of rotatable bonds is 5. The average Bonchev–Trinajstić information content (AvgIpc) is 2.70. The van der Waals surface area contributed by atoms with Gasteiger partial charge in [0.05, 0.1) is 27.9 Å². The van der Waals surface area contributed by atoms with Crippen molar-refractivity contribution in [3.63, 3.8) is 0 Å². The second kappa shape index (κ2) is 8.95. The van der Waals surface area contributed by atoms with E-state index in [0.29, 0.717) is 11.1 Å². The Bertz CT molecular complexity index is 1210. The number of para-hydroxylation sites is 1. The van der Waals surface area contributed by atoms with Gasteiger partial charge in [-0.3, -0.25) is 4.79 Å². The van der Waals surface area contributed by atoms with Crippen LogP contribution in [-0.4, -0.2) is 25.1 Å². The van der Waals surface area contributed by atoms with Gasteiger partial charge in [0.15, 0.2) is 17.4 Å². The van der Waals surface area contributed by atoms with E-state index in [-0.39, 0.29) is 31.9 Å². The molecule has 1 unspecified atom stereocenters. The fourth-order valence-corrected chi connectivity index (χ4v) is 3.15. The Balaban J connectivity index is 1.78. The Labute approximate surface area is 185 Å². The van der Waals surface area contributed by atoms with Gasteiger partial charge in [0.2, 0.25) is 0 Å². The normalized spacial score (nSPS) is 11.8. The number of ether oxygens (including phenoxy) is 2. The van der Waals surface area contributed by atoms with E-state index in [2.05, 4.69) is 5.32 Å². The number of hydrogen-bond acceptors (Lipinski definition) is 6. The SMILES string of the molecule is COc1cccc2cc(C(=O)OC(C)C(=O)Nc3cc(Cl)c(Cl)cc3Cl)c(=O)oc12. The number of benzene rings is 2. The maximum atomic E-state index is 12.4. The van der Waals surface area contributed by atoms with Gasteiger partial charge in [-0.05, 0) is 31.2 Å². The van der Waals surface area contributed by atoms with E-state index in [9.17, 15) is 14.4 Å². The highest BCUT2D eigenvalue weighted by Gasteiger charge is 2.23. The lowest BCUT2D eigenvalue weighted by molar-refractivity contribution is -0.123. The topological polar surface area (TPSA) is 94.8 Å². The Kier molecular flexibility index (Phi) is 6.55. The van der Waals surface area contributed by atoms with Gasteiger partial charge in [0.25, 0.3) is 5.91 Å². The van der Waals surface area contributed by atoms with Gasteiger partial charge in [-0.15, -0.1) is 0 Å². The zero-order chi connectivity index (χ0) is 22.0. The van der Waals surface area contributed by atoms with Gasteiger partial charge in [0.1, 0.15) is 5.56 Å². The first-order valence-electron chi connectivity index (χ1n) is 8.48. The first-order valence-corrected chi connectivity index (χ1v) is 9.62. The van der Waals surface area contributed by atoms with Crippen LogP contribution in [0, 0.1) is 0 Å². The Morgan fingerprint density at radius 3 is 2.47 bits per heavy atom. The summed E-state index contributed by atoms with van der Waals surface area (Å²) < 4.78 is 15.4. The maximum absolute atomic E-state index is 12.4. The summed E-state index contributed by atoms with van der Waals surface area (Å²) in [6.45, 7) is 1.34. The molecule has 7 nitrogen and oxygen atoms in total. The third kappa shape index (κ3) is 4.53. The number of halogens is 3. The number of anilines is 1. The molecular weight excluding hydrogens is 457 g/mol. The summed E-state index contributed by atoms with van der Waals surface area (Å²) in [5.74, 6) is -1.36. The highest BCUT2D eigenvalue weighted by molar-refractivity contribution is 6.44. The minimum atomic E-state index is -1.25. The van der Waals surface area contributed by atoms with Crippen molar-refractivity contribution in [2.24, 2.45) is 0 Å². The summed E-state index contributed by atoms with van der Waals surface area (Å²) in [6.07, 6.45) is -1.25. The van der Waals surface area contributed by atoms with Crippen LogP contribution >= 0.6 is 34.8 Å². The second-order valence-electron chi connectivity index (χ2n) is 6.11.